The average molecular weight is 267 g/mol. The van der Waals surface area contributed by atoms with E-state index in [2.05, 4.69) is 4.98 Å². The maximum absolute atomic E-state index is 12.0. The third kappa shape index (κ3) is 2.81. The number of carbonyl (C=O) groups excluding carboxylic acids is 2. The van der Waals surface area contributed by atoms with Crippen LogP contribution in [0, 0.1) is 0 Å². The van der Waals surface area contributed by atoms with Crippen LogP contribution in [0.4, 0.5) is 0 Å². The topological polar surface area (TPSA) is 92.2 Å². The quantitative estimate of drug-likeness (QED) is 0.763. The zero-order valence-electron chi connectivity index (χ0n) is 11.4. The minimum atomic E-state index is -0.958. The fourth-order valence-electron chi connectivity index (χ4n) is 1.68. The summed E-state index contributed by atoms with van der Waals surface area (Å²) in [5.74, 6) is -0.825. The number of rotatable bonds is 4. The predicted octanol–water partition coefficient (Wildman–Crippen LogP) is -0.222. The molecule has 1 aromatic heterocycles. The number of likely N-dealkylation sites (N-methyl/N-ethyl adjacent to an activating group) is 1. The van der Waals surface area contributed by atoms with E-state index in [0.717, 1.165) is 10.8 Å². The Hall–Kier alpha value is -2.18. The molecule has 1 rings (SSSR count). The van der Waals surface area contributed by atoms with Crippen LogP contribution in [0.3, 0.4) is 0 Å². The van der Waals surface area contributed by atoms with Gasteiger partial charge >= 0.3 is 5.69 Å². The van der Waals surface area contributed by atoms with Crippen molar-refractivity contribution >= 4 is 11.7 Å². The van der Waals surface area contributed by atoms with Crippen molar-refractivity contribution in [1.29, 1.82) is 0 Å². The number of nitrogens with zero attached hydrogens (tertiary/aromatic N) is 2. The van der Waals surface area contributed by atoms with Gasteiger partial charge in [0, 0.05) is 19.8 Å². The number of Topliss-reactive ketones (excluding diaryl/α,β-unsaturated/α-hetero) is 1. The van der Waals surface area contributed by atoms with Crippen LogP contribution in [0.5, 0.6) is 0 Å². The fourth-order valence-corrected chi connectivity index (χ4v) is 1.68. The van der Waals surface area contributed by atoms with Crippen molar-refractivity contribution in [2.24, 2.45) is 0 Å². The van der Waals surface area contributed by atoms with Gasteiger partial charge in [-0.2, -0.15) is 0 Å². The highest BCUT2D eigenvalue weighted by Crippen LogP contribution is 2.04. The first-order valence-corrected chi connectivity index (χ1v) is 5.91. The molecule has 1 heterocycles. The SMILES string of the molecule is CCN(C)C(=O)C(C)n1c(=O)[nH]cc(C(C)=O)c1=O. The van der Waals surface area contributed by atoms with Crippen LogP contribution in [0.1, 0.15) is 37.2 Å². The number of amides is 1. The van der Waals surface area contributed by atoms with E-state index >= 15 is 0 Å². The molecule has 0 radical (unpaired) electrons. The lowest BCUT2D eigenvalue weighted by Crippen LogP contribution is -2.45. The third-order valence-electron chi connectivity index (χ3n) is 2.98. The van der Waals surface area contributed by atoms with Gasteiger partial charge in [0.05, 0.1) is 5.56 Å². The number of aromatic nitrogens is 2. The Balaban J connectivity index is 3.39. The van der Waals surface area contributed by atoms with Gasteiger partial charge in [-0.1, -0.05) is 0 Å². The Morgan fingerprint density at radius 2 is 2.00 bits per heavy atom. The molecule has 0 saturated carbocycles. The van der Waals surface area contributed by atoms with Crippen LogP contribution in [0.25, 0.3) is 0 Å². The minimum absolute atomic E-state index is 0.140. The second kappa shape index (κ2) is 5.64. The van der Waals surface area contributed by atoms with E-state index in [-0.39, 0.29) is 11.5 Å². The first-order valence-electron chi connectivity index (χ1n) is 5.91. The van der Waals surface area contributed by atoms with Crippen molar-refractivity contribution in [1.82, 2.24) is 14.5 Å². The molecule has 0 bridgehead atoms. The second-order valence-electron chi connectivity index (χ2n) is 4.27. The van der Waals surface area contributed by atoms with Crippen LogP contribution in [-0.4, -0.2) is 39.7 Å². The molecular weight excluding hydrogens is 250 g/mol. The highest BCUT2D eigenvalue weighted by atomic mass is 16.2. The molecule has 0 spiro atoms. The molecule has 0 aliphatic carbocycles. The van der Waals surface area contributed by atoms with Gasteiger partial charge < -0.3 is 9.88 Å². The highest BCUT2D eigenvalue weighted by molar-refractivity contribution is 5.93. The maximum atomic E-state index is 12.0. The summed E-state index contributed by atoms with van der Waals surface area (Å²) in [5.41, 5.74) is -1.60. The normalized spacial score (nSPS) is 12.0. The van der Waals surface area contributed by atoms with Gasteiger partial charge in [-0.15, -0.1) is 0 Å². The number of ketones is 1. The third-order valence-corrected chi connectivity index (χ3v) is 2.98. The van der Waals surface area contributed by atoms with Crippen molar-refractivity contribution in [2.45, 2.75) is 26.8 Å². The largest absolute Gasteiger partial charge is 0.344 e. The summed E-state index contributed by atoms with van der Waals surface area (Å²) in [6, 6.07) is -0.958. The van der Waals surface area contributed by atoms with Gasteiger partial charge in [-0.25, -0.2) is 9.36 Å². The molecule has 19 heavy (non-hydrogen) atoms. The zero-order chi connectivity index (χ0) is 14.7. The molecule has 1 aromatic rings. The van der Waals surface area contributed by atoms with Crippen LogP contribution < -0.4 is 11.2 Å². The molecule has 0 aliphatic rings. The molecule has 1 N–H and O–H groups in total. The number of carbonyl (C=O) groups is 2. The Morgan fingerprint density at radius 1 is 1.42 bits per heavy atom. The van der Waals surface area contributed by atoms with E-state index in [1.807, 2.05) is 0 Å². The smallest absolute Gasteiger partial charge is 0.329 e. The zero-order valence-corrected chi connectivity index (χ0v) is 11.4. The molecule has 1 unspecified atom stereocenters. The molecule has 7 nitrogen and oxygen atoms in total. The molecule has 0 fully saturated rings. The molecule has 1 atom stereocenters. The van der Waals surface area contributed by atoms with Crippen LogP contribution in [0.15, 0.2) is 15.8 Å². The summed E-state index contributed by atoms with van der Waals surface area (Å²) in [6.07, 6.45) is 1.07. The van der Waals surface area contributed by atoms with E-state index in [1.54, 1.807) is 14.0 Å². The first kappa shape index (κ1) is 14.9. The molecule has 0 saturated heterocycles. The lowest BCUT2D eigenvalue weighted by atomic mass is 10.2. The van der Waals surface area contributed by atoms with Gasteiger partial charge in [0.15, 0.2) is 5.78 Å². The summed E-state index contributed by atoms with van der Waals surface area (Å²) < 4.78 is 0.769. The van der Waals surface area contributed by atoms with Crippen molar-refractivity contribution in [3.05, 3.63) is 32.6 Å². The summed E-state index contributed by atoms with van der Waals surface area (Å²) in [5, 5.41) is 0. The van der Waals surface area contributed by atoms with E-state index in [1.165, 1.54) is 18.7 Å². The number of hydrogen-bond donors (Lipinski definition) is 1. The number of nitrogens with one attached hydrogen (secondary N) is 1. The molecule has 7 heteroatoms. The maximum Gasteiger partial charge on any atom is 0.329 e. The summed E-state index contributed by atoms with van der Waals surface area (Å²) >= 11 is 0. The van der Waals surface area contributed by atoms with Crippen LogP contribution >= 0.6 is 0 Å². The van der Waals surface area contributed by atoms with Gasteiger partial charge in [-0.05, 0) is 20.8 Å². The number of H-pyrrole nitrogens is 1. The molecule has 1 amide bonds. The van der Waals surface area contributed by atoms with Crippen molar-refractivity contribution in [2.75, 3.05) is 13.6 Å². The Labute approximate surface area is 109 Å². The Bertz CT molecular complexity index is 614. The van der Waals surface area contributed by atoms with Crippen molar-refractivity contribution in [3.8, 4) is 0 Å². The Kier molecular flexibility index (Phi) is 4.42. The number of aromatic amines is 1. The van der Waals surface area contributed by atoms with Gasteiger partial charge in [0.1, 0.15) is 6.04 Å². The summed E-state index contributed by atoms with van der Waals surface area (Å²) in [6.45, 7) is 4.92. The first-order chi connectivity index (χ1) is 8.81. The highest BCUT2D eigenvalue weighted by Gasteiger charge is 2.23. The number of hydrogen-bond acceptors (Lipinski definition) is 4. The monoisotopic (exact) mass is 267 g/mol. The molecular formula is C12H17N3O4. The van der Waals surface area contributed by atoms with Gasteiger partial charge in [0.2, 0.25) is 5.91 Å². The average Bonchev–Trinajstić information content (AvgIpc) is 2.36. The predicted molar refractivity (Wildman–Crippen MR) is 69.3 cm³/mol. The minimum Gasteiger partial charge on any atom is -0.344 e. The van der Waals surface area contributed by atoms with Crippen LogP contribution in [-0.2, 0) is 4.79 Å². The second-order valence-corrected chi connectivity index (χ2v) is 4.27. The fraction of sp³-hybridized carbons (Fsp3) is 0.500. The van der Waals surface area contributed by atoms with Gasteiger partial charge in [-0.3, -0.25) is 14.4 Å². The van der Waals surface area contributed by atoms with Crippen molar-refractivity contribution in [3.63, 3.8) is 0 Å². The van der Waals surface area contributed by atoms with Crippen LogP contribution in [0.2, 0.25) is 0 Å². The van der Waals surface area contributed by atoms with Gasteiger partial charge in [0.25, 0.3) is 5.56 Å². The van der Waals surface area contributed by atoms with E-state index < -0.39 is 23.1 Å². The molecule has 104 valence electrons. The van der Waals surface area contributed by atoms with E-state index in [9.17, 15) is 19.2 Å². The Morgan fingerprint density at radius 3 is 2.47 bits per heavy atom. The van der Waals surface area contributed by atoms with E-state index in [4.69, 9.17) is 0 Å². The molecule has 0 aliphatic heterocycles. The summed E-state index contributed by atoms with van der Waals surface area (Å²) in [4.78, 5) is 50.7. The molecule has 0 aromatic carbocycles. The lowest BCUT2D eigenvalue weighted by molar-refractivity contribution is -0.132. The van der Waals surface area contributed by atoms with E-state index in [0.29, 0.717) is 6.54 Å². The lowest BCUT2D eigenvalue weighted by Gasteiger charge is -2.20. The summed E-state index contributed by atoms with van der Waals surface area (Å²) in [7, 11) is 1.58. The standard InChI is InChI=1S/C12H17N3O4/c1-5-14(4)10(17)7(2)15-11(18)9(8(3)16)6-13-12(15)19/h6-7H,5H2,1-4H3,(H,13,19). The van der Waals surface area contributed by atoms with Crippen molar-refractivity contribution < 1.29 is 9.59 Å².